The lowest BCUT2D eigenvalue weighted by molar-refractivity contribution is 0.304. The first-order valence-corrected chi connectivity index (χ1v) is 14.7. The molecule has 0 aliphatic carbocycles. The van der Waals surface area contributed by atoms with Gasteiger partial charge in [0.1, 0.15) is 11.5 Å². The molecule has 0 radical (unpaired) electrons. The minimum absolute atomic E-state index is 0.473. The molecule has 3 aromatic rings. The van der Waals surface area contributed by atoms with Gasteiger partial charge in [-0.15, -0.1) is 0 Å². The predicted molar refractivity (Wildman–Crippen MR) is 152 cm³/mol. The van der Waals surface area contributed by atoms with Gasteiger partial charge in [0.25, 0.3) is 0 Å². The van der Waals surface area contributed by atoms with Crippen LogP contribution in [0.15, 0.2) is 24.3 Å². The zero-order chi connectivity index (χ0) is 24.8. The molecule has 3 rings (SSSR count). The van der Waals surface area contributed by atoms with Gasteiger partial charge < -0.3 is 9.47 Å². The van der Waals surface area contributed by atoms with Crippen LogP contribution in [0.5, 0.6) is 11.5 Å². The summed E-state index contributed by atoms with van der Waals surface area (Å²) in [6.07, 6.45) is 7.08. The van der Waals surface area contributed by atoms with Gasteiger partial charge in [0, 0.05) is 22.3 Å². The fraction of sp³-hybridized carbons (Fsp3) is 0.600. The van der Waals surface area contributed by atoms with Gasteiger partial charge in [-0.1, -0.05) is 39.5 Å². The molecule has 0 spiro atoms. The van der Waals surface area contributed by atoms with Crippen LogP contribution in [0, 0.1) is 13.8 Å². The molecule has 0 saturated heterocycles. The van der Waals surface area contributed by atoms with Crippen LogP contribution in [0.2, 0.25) is 0 Å². The topological polar surface area (TPSA) is 21.7 Å². The molecule has 0 atom stereocenters. The van der Waals surface area contributed by atoms with Crippen molar-refractivity contribution in [3.63, 3.8) is 0 Å². The molecule has 0 fully saturated rings. The van der Waals surface area contributed by atoms with Gasteiger partial charge >= 0.3 is 0 Å². The Bertz CT molecular complexity index is 1000. The number of fused-ring (bicyclic) bond motifs is 3. The number of rotatable bonds is 13. The van der Waals surface area contributed by atoms with E-state index in [1.54, 1.807) is 0 Å². The summed E-state index contributed by atoms with van der Waals surface area (Å²) in [5.74, 6) is 2.06. The van der Waals surface area contributed by atoms with Gasteiger partial charge in [0.05, 0.1) is 13.2 Å². The van der Waals surface area contributed by atoms with Gasteiger partial charge in [-0.3, -0.25) is 4.67 Å². The second kappa shape index (κ2) is 12.3. The van der Waals surface area contributed by atoms with E-state index in [-0.39, 0.29) is 0 Å². The maximum atomic E-state index is 6.28. The van der Waals surface area contributed by atoms with E-state index in [1.165, 1.54) is 57.8 Å². The Morgan fingerprint density at radius 1 is 0.676 bits per heavy atom. The first kappa shape index (κ1) is 26.9. The van der Waals surface area contributed by atoms with E-state index in [0.717, 1.165) is 37.6 Å². The van der Waals surface area contributed by atoms with Crippen LogP contribution in [0.1, 0.15) is 91.2 Å². The van der Waals surface area contributed by atoms with E-state index in [0.29, 0.717) is 12.1 Å². The fourth-order valence-electron chi connectivity index (χ4n) is 4.94. The lowest BCUT2D eigenvalue weighted by atomic mass is 10.1. The number of hydrogen-bond donors (Lipinski definition) is 0. The Balaban J connectivity index is 2.17. The van der Waals surface area contributed by atoms with E-state index >= 15 is 0 Å². The van der Waals surface area contributed by atoms with E-state index < -0.39 is 7.68 Å². The second-order valence-electron chi connectivity index (χ2n) is 10.3. The van der Waals surface area contributed by atoms with Gasteiger partial charge in [0.15, 0.2) is 0 Å². The van der Waals surface area contributed by atoms with Crippen LogP contribution in [0.3, 0.4) is 0 Å². The maximum Gasteiger partial charge on any atom is 0.122 e. The summed E-state index contributed by atoms with van der Waals surface area (Å²) in [6.45, 7) is 19.8. The normalized spacial score (nSPS) is 12.1. The average Bonchev–Trinajstić information content (AvgIpc) is 3.06. The van der Waals surface area contributed by atoms with Crippen LogP contribution in [-0.2, 0) is 0 Å². The Labute approximate surface area is 208 Å². The molecule has 1 aromatic heterocycles. The Morgan fingerprint density at radius 3 is 1.44 bits per heavy atom. The van der Waals surface area contributed by atoms with Gasteiger partial charge in [-0.25, -0.2) is 0 Å². The summed E-state index contributed by atoms with van der Waals surface area (Å²) in [5.41, 5.74) is 2.49. The molecule has 4 heteroatoms. The Kier molecular flexibility index (Phi) is 9.74. The molecule has 0 saturated carbocycles. The quantitative estimate of drug-likeness (QED) is 0.226. The molecular formula is C30H46NO2P. The van der Waals surface area contributed by atoms with Crippen molar-refractivity contribution in [3.05, 3.63) is 35.4 Å². The highest BCUT2D eigenvalue weighted by molar-refractivity contribution is 7.62. The third-order valence-electron chi connectivity index (χ3n) is 6.63. The molecule has 0 unspecified atom stereocenters. The predicted octanol–water partition coefficient (Wildman–Crippen LogP) is 9.49. The largest absolute Gasteiger partial charge is 0.493 e. The monoisotopic (exact) mass is 483 g/mol. The molecule has 0 bridgehead atoms. The van der Waals surface area contributed by atoms with Crippen molar-refractivity contribution >= 4 is 28.7 Å². The molecule has 3 nitrogen and oxygen atoms in total. The summed E-state index contributed by atoms with van der Waals surface area (Å²) >= 11 is 0. The van der Waals surface area contributed by atoms with Gasteiger partial charge in [0.2, 0.25) is 0 Å². The average molecular weight is 484 g/mol. The first-order valence-electron chi connectivity index (χ1n) is 13.4. The van der Waals surface area contributed by atoms with Crippen LogP contribution in [-0.4, -0.2) is 25.3 Å². The van der Waals surface area contributed by atoms with Crippen molar-refractivity contribution < 1.29 is 9.47 Å². The number of hydrogen-bond acceptors (Lipinski definition) is 3. The standard InChI is InChI=1S/C30H46NO2P/c1-9-11-13-15-32-27-19-25-26-20-28(33-16-14-12-10-2)24(8)18-30(26)34(29(25)17-23(27)7)31(21(3)4)22(5)6/h17-22H,9-16H2,1-8H3. The molecule has 2 aromatic carbocycles. The third kappa shape index (κ3) is 5.92. The van der Waals surface area contributed by atoms with Crippen LogP contribution >= 0.6 is 7.68 Å². The summed E-state index contributed by atoms with van der Waals surface area (Å²) in [6, 6.07) is 10.4. The zero-order valence-electron chi connectivity index (χ0n) is 22.8. The van der Waals surface area contributed by atoms with Crippen LogP contribution in [0.4, 0.5) is 0 Å². The van der Waals surface area contributed by atoms with Crippen molar-refractivity contribution in [3.8, 4) is 11.5 Å². The van der Waals surface area contributed by atoms with E-state index in [9.17, 15) is 0 Å². The lowest BCUT2D eigenvalue weighted by Crippen LogP contribution is -2.34. The van der Waals surface area contributed by atoms with Gasteiger partial charge in [-0.05, 0) is 108 Å². The summed E-state index contributed by atoms with van der Waals surface area (Å²) in [4.78, 5) is 0. The van der Waals surface area contributed by atoms with Crippen LogP contribution in [0.25, 0.3) is 21.0 Å². The minimum atomic E-state index is -0.591. The maximum absolute atomic E-state index is 6.28. The molecule has 0 amide bonds. The number of benzene rings is 2. The molecule has 0 N–H and O–H groups in total. The number of nitrogens with zero attached hydrogens (tertiary/aromatic N) is 1. The molecule has 0 aliphatic heterocycles. The minimum Gasteiger partial charge on any atom is -0.493 e. The smallest absolute Gasteiger partial charge is 0.122 e. The summed E-state index contributed by atoms with van der Waals surface area (Å²) in [7, 11) is -0.591. The molecule has 34 heavy (non-hydrogen) atoms. The summed E-state index contributed by atoms with van der Waals surface area (Å²) < 4.78 is 15.3. The van der Waals surface area contributed by atoms with Crippen molar-refractivity contribution in [1.82, 2.24) is 0 Å². The first-order chi connectivity index (χ1) is 16.3. The molecule has 0 aliphatic rings. The Morgan fingerprint density at radius 2 is 1.09 bits per heavy atom. The van der Waals surface area contributed by atoms with Gasteiger partial charge in [-0.2, -0.15) is 0 Å². The van der Waals surface area contributed by atoms with Crippen LogP contribution < -0.4 is 14.1 Å². The SMILES string of the molecule is CCCCCOc1cc2c3cc(OCCCCC)c(C)cc3p(N(C(C)C)C(C)C)c2cc1C. The molecule has 188 valence electrons. The van der Waals surface area contributed by atoms with Crippen molar-refractivity contribution in [2.45, 2.75) is 106 Å². The number of unbranched alkanes of at least 4 members (excludes halogenated alkanes) is 4. The second-order valence-corrected chi connectivity index (χ2v) is 12.3. The van der Waals surface area contributed by atoms with E-state index in [2.05, 4.69) is 84.3 Å². The highest BCUT2D eigenvalue weighted by atomic mass is 31.1. The fourth-order valence-corrected chi connectivity index (χ4v) is 8.08. The van der Waals surface area contributed by atoms with Crippen molar-refractivity contribution in [2.75, 3.05) is 17.9 Å². The third-order valence-corrected chi connectivity index (χ3v) is 9.67. The van der Waals surface area contributed by atoms with E-state index in [4.69, 9.17) is 9.47 Å². The molecule has 1 heterocycles. The van der Waals surface area contributed by atoms with E-state index in [1.807, 2.05) is 0 Å². The number of ether oxygens (including phenoxy) is 2. The molecular weight excluding hydrogens is 437 g/mol. The highest BCUT2D eigenvalue weighted by Crippen LogP contribution is 2.54. The lowest BCUT2D eigenvalue weighted by Gasteiger charge is -2.31. The zero-order valence-corrected chi connectivity index (χ0v) is 23.7. The Hall–Kier alpha value is -1.70. The number of aryl methyl sites for hydroxylation is 2. The highest BCUT2D eigenvalue weighted by Gasteiger charge is 2.24. The summed E-state index contributed by atoms with van der Waals surface area (Å²) in [5, 5.41) is 5.60. The van der Waals surface area contributed by atoms with Crippen molar-refractivity contribution in [2.24, 2.45) is 0 Å². The van der Waals surface area contributed by atoms with Crippen molar-refractivity contribution in [1.29, 1.82) is 0 Å².